The predicted octanol–water partition coefficient (Wildman–Crippen LogP) is 2.57. The van der Waals surface area contributed by atoms with E-state index in [9.17, 15) is 5.11 Å². The third-order valence-electron chi connectivity index (χ3n) is 5.73. The molecule has 0 aromatic heterocycles. The second-order valence-corrected chi connectivity index (χ2v) is 6.92. The molecule has 19 heavy (non-hydrogen) atoms. The highest BCUT2D eigenvalue weighted by Gasteiger charge is 2.40. The van der Waals surface area contributed by atoms with Gasteiger partial charge in [-0.05, 0) is 70.8 Å². The van der Waals surface area contributed by atoms with Crippen LogP contribution < -0.4 is 0 Å². The van der Waals surface area contributed by atoms with Crippen LogP contribution in [0.1, 0.15) is 57.8 Å². The lowest BCUT2D eigenvalue weighted by atomic mass is 9.84. The molecule has 3 aliphatic rings. The molecule has 3 rings (SSSR count). The average molecular weight is 267 g/mol. The number of piperidine rings is 1. The van der Waals surface area contributed by atoms with Gasteiger partial charge in [0.15, 0.2) is 0 Å². The van der Waals surface area contributed by atoms with Crippen LogP contribution in [-0.4, -0.2) is 48.0 Å². The summed E-state index contributed by atoms with van der Waals surface area (Å²) in [6, 6.07) is 1.49. The maximum Gasteiger partial charge on any atom is 0.0576 e. The van der Waals surface area contributed by atoms with Gasteiger partial charge >= 0.3 is 0 Å². The van der Waals surface area contributed by atoms with Gasteiger partial charge in [-0.25, -0.2) is 0 Å². The van der Waals surface area contributed by atoms with Crippen molar-refractivity contribution in [2.75, 3.05) is 13.7 Å². The van der Waals surface area contributed by atoms with Crippen molar-refractivity contribution in [3.05, 3.63) is 0 Å². The molecule has 0 aromatic carbocycles. The van der Waals surface area contributed by atoms with E-state index >= 15 is 0 Å². The summed E-state index contributed by atoms with van der Waals surface area (Å²) in [6.45, 7) is 0.950. The van der Waals surface area contributed by atoms with Crippen LogP contribution in [0.15, 0.2) is 0 Å². The fraction of sp³-hybridized carbons (Fsp3) is 1.00. The van der Waals surface area contributed by atoms with Crippen molar-refractivity contribution >= 4 is 0 Å². The Balaban J connectivity index is 1.39. The standard InChI is InChI=1S/C16H29NO2/c1-17-13-7-8-14(17)11-12(10-13)16(18)6-2-4-15-5-3-9-19-15/h12-16,18H,2-11H2,1H3. The zero-order valence-corrected chi connectivity index (χ0v) is 12.3. The smallest absolute Gasteiger partial charge is 0.0576 e. The van der Waals surface area contributed by atoms with Crippen molar-refractivity contribution in [3.8, 4) is 0 Å². The minimum absolute atomic E-state index is 0.0711. The molecule has 0 radical (unpaired) electrons. The van der Waals surface area contributed by atoms with Crippen molar-refractivity contribution in [3.63, 3.8) is 0 Å². The SMILES string of the molecule is CN1C2CCC1CC(C(O)CCCC1CCCO1)C2. The van der Waals surface area contributed by atoms with Crippen LogP contribution in [0.25, 0.3) is 0 Å². The van der Waals surface area contributed by atoms with Gasteiger partial charge in [-0.3, -0.25) is 0 Å². The van der Waals surface area contributed by atoms with Gasteiger partial charge in [-0.15, -0.1) is 0 Å². The molecule has 3 fully saturated rings. The van der Waals surface area contributed by atoms with E-state index in [1.54, 1.807) is 0 Å². The molecule has 3 saturated heterocycles. The van der Waals surface area contributed by atoms with Gasteiger partial charge < -0.3 is 14.7 Å². The van der Waals surface area contributed by atoms with E-state index in [0.29, 0.717) is 12.0 Å². The van der Waals surface area contributed by atoms with E-state index in [1.165, 1.54) is 38.5 Å². The lowest BCUT2D eigenvalue weighted by molar-refractivity contribution is 0.0270. The summed E-state index contributed by atoms with van der Waals surface area (Å²) in [5.41, 5.74) is 0. The van der Waals surface area contributed by atoms with E-state index in [4.69, 9.17) is 4.74 Å². The van der Waals surface area contributed by atoms with Gasteiger partial charge in [-0.2, -0.15) is 0 Å². The Morgan fingerprint density at radius 2 is 1.95 bits per heavy atom. The van der Waals surface area contributed by atoms with Crippen LogP contribution in [0.2, 0.25) is 0 Å². The van der Waals surface area contributed by atoms with Crippen LogP contribution in [0.4, 0.5) is 0 Å². The van der Waals surface area contributed by atoms with Crippen molar-refractivity contribution in [2.45, 2.75) is 82.1 Å². The fourth-order valence-corrected chi connectivity index (χ4v) is 4.43. The third-order valence-corrected chi connectivity index (χ3v) is 5.73. The summed E-state index contributed by atoms with van der Waals surface area (Å²) in [6.07, 6.45) is 11.3. The Bertz CT molecular complexity index is 276. The Morgan fingerprint density at radius 1 is 1.21 bits per heavy atom. The van der Waals surface area contributed by atoms with Gasteiger partial charge in [0, 0.05) is 18.7 Å². The molecule has 4 atom stereocenters. The number of rotatable bonds is 5. The highest BCUT2D eigenvalue weighted by Crippen LogP contribution is 2.39. The minimum atomic E-state index is -0.0711. The van der Waals surface area contributed by atoms with Crippen molar-refractivity contribution in [1.29, 1.82) is 0 Å². The van der Waals surface area contributed by atoms with E-state index in [0.717, 1.165) is 38.0 Å². The Labute approximate surface area is 117 Å². The topological polar surface area (TPSA) is 32.7 Å². The molecule has 3 nitrogen and oxygen atoms in total. The number of hydrogen-bond acceptors (Lipinski definition) is 3. The molecular weight excluding hydrogens is 238 g/mol. The number of aliphatic hydroxyl groups excluding tert-OH is 1. The first-order valence-corrected chi connectivity index (χ1v) is 8.25. The Morgan fingerprint density at radius 3 is 2.58 bits per heavy atom. The number of fused-ring (bicyclic) bond motifs is 2. The monoisotopic (exact) mass is 267 g/mol. The summed E-state index contributed by atoms with van der Waals surface area (Å²) in [5, 5.41) is 10.4. The average Bonchev–Trinajstić information content (AvgIpc) is 2.96. The van der Waals surface area contributed by atoms with Crippen LogP contribution in [-0.2, 0) is 4.74 Å². The van der Waals surface area contributed by atoms with E-state index in [1.807, 2.05) is 0 Å². The quantitative estimate of drug-likeness (QED) is 0.831. The van der Waals surface area contributed by atoms with Crippen molar-refractivity contribution < 1.29 is 9.84 Å². The molecule has 0 spiro atoms. The van der Waals surface area contributed by atoms with Crippen molar-refractivity contribution in [1.82, 2.24) is 4.90 Å². The summed E-state index contributed by atoms with van der Waals surface area (Å²) in [4.78, 5) is 2.55. The second kappa shape index (κ2) is 6.11. The highest BCUT2D eigenvalue weighted by molar-refractivity contribution is 4.95. The van der Waals surface area contributed by atoms with Gasteiger partial charge in [0.25, 0.3) is 0 Å². The van der Waals surface area contributed by atoms with E-state index < -0.39 is 0 Å². The van der Waals surface area contributed by atoms with Crippen LogP contribution in [0.3, 0.4) is 0 Å². The molecule has 0 aliphatic carbocycles. The van der Waals surface area contributed by atoms with Crippen LogP contribution in [0.5, 0.6) is 0 Å². The Hall–Kier alpha value is -0.120. The predicted molar refractivity (Wildman–Crippen MR) is 76.1 cm³/mol. The van der Waals surface area contributed by atoms with Crippen LogP contribution in [0, 0.1) is 5.92 Å². The van der Waals surface area contributed by atoms with Gasteiger partial charge in [-0.1, -0.05) is 0 Å². The number of nitrogens with zero attached hydrogens (tertiary/aromatic N) is 1. The highest BCUT2D eigenvalue weighted by atomic mass is 16.5. The van der Waals surface area contributed by atoms with Gasteiger partial charge in [0.05, 0.1) is 12.2 Å². The third kappa shape index (κ3) is 3.14. The maximum atomic E-state index is 10.4. The zero-order chi connectivity index (χ0) is 13.2. The minimum Gasteiger partial charge on any atom is -0.393 e. The first kappa shape index (κ1) is 13.8. The summed E-state index contributed by atoms with van der Waals surface area (Å²) >= 11 is 0. The molecule has 0 amide bonds. The number of ether oxygens (including phenoxy) is 1. The molecule has 110 valence electrons. The normalized spacial score (nSPS) is 40.7. The van der Waals surface area contributed by atoms with E-state index in [-0.39, 0.29) is 6.10 Å². The molecule has 3 heterocycles. The molecule has 1 N–H and O–H groups in total. The van der Waals surface area contributed by atoms with Crippen molar-refractivity contribution in [2.24, 2.45) is 5.92 Å². The van der Waals surface area contributed by atoms with Crippen LogP contribution >= 0.6 is 0 Å². The molecular formula is C16H29NO2. The molecule has 0 saturated carbocycles. The zero-order valence-electron chi connectivity index (χ0n) is 12.3. The molecule has 2 bridgehead atoms. The van der Waals surface area contributed by atoms with E-state index in [2.05, 4.69) is 11.9 Å². The summed E-state index contributed by atoms with van der Waals surface area (Å²) in [7, 11) is 2.27. The number of hydrogen-bond donors (Lipinski definition) is 1. The largest absolute Gasteiger partial charge is 0.393 e. The molecule has 3 heteroatoms. The fourth-order valence-electron chi connectivity index (χ4n) is 4.43. The molecule has 0 aromatic rings. The lowest BCUT2D eigenvalue weighted by Gasteiger charge is -2.38. The maximum absolute atomic E-state index is 10.4. The lowest BCUT2D eigenvalue weighted by Crippen LogP contribution is -2.43. The summed E-state index contributed by atoms with van der Waals surface area (Å²) < 4.78 is 5.65. The number of aliphatic hydroxyl groups is 1. The molecule has 3 aliphatic heterocycles. The molecule has 4 unspecified atom stereocenters. The Kier molecular flexibility index (Phi) is 4.45. The van der Waals surface area contributed by atoms with Gasteiger partial charge in [0.1, 0.15) is 0 Å². The summed E-state index contributed by atoms with van der Waals surface area (Å²) in [5.74, 6) is 0.554. The first-order chi connectivity index (χ1) is 9.24. The van der Waals surface area contributed by atoms with Gasteiger partial charge in [0.2, 0.25) is 0 Å². The first-order valence-electron chi connectivity index (χ1n) is 8.25. The second-order valence-electron chi connectivity index (χ2n) is 6.92.